The van der Waals surface area contributed by atoms with E-state index in [0.717, 1.165) is 0 Å². The number of aromatic nitrogens is 5. The van der Waals surface area contributed by atoms with E-state index in [4.69, 9.17) is 33.0 Å². The van der Waals surface area contributed by atoms with Gasteiger partial charge in [-0.1, -0.05) is 5.24 Å². The van der Waals surface area contributed by atoms with Crippen molar-refractivity contribution < 1.29 is 23.5 Å². The first kappa shape index (κ1) is 30.9. The van der Waals surface area contributed by atoms with Crippen molar-refractivity contribution >= 4 is 58.4 Å². The zero-order chi connectivity index (χ0) is 31.5. The van der Waals surface area contributed by atoms with E-state index in [-0.39, 0.29) is 51.4 Å². The van der Waals surface area contributed by atoms with Gasteiger partial charge in [-0.05, 0) is 18.2 Å². The van der Waals surface area contributed by atoms with Crippen LogP contribution in [0.1, 0.15) is 20.8 Å². The van der Waals surface area contributed by atoms with Crippen LogP contribution in [0.5, 0.6) is 11.6 Å². The number of carbonyl (C=O) groups is 2. The number of methoxy groups -OCH3 is 2. The Morgan fingerprint density at radius 2 is 1.72 bits per heavy atom. The number of aryl methyl sites for hydroxylation is 1. The standard InChI is InChI=1S/C26H25B3FN9O4/c1-38(2)25(41)19-10-17(37-39(19)3)14-8-13(30)9-18(23(14)43-5)32-16-11-21(33-20-6-7-22(42-4)36-35-20)31-12-15(16)24(40)34-26(27,28)29/h6-12H,1-5H3,(H,34,40)(H2,31,32,33,35). The zero-order valence-corrected chi connectivity index (χ0v) is 24.0. The molecule has 0 bridgehead atoms. The number of hydrogen-bond acceptors (Lipinski definition) is 10. The molecule has 0 saturated heterocycles. The van der Waals surface area contributed by atoms with Gasteiger partial charge < -0.3 is 30.3 Å². The maximum atomic E-state index is 15.1. The largest absolute Gasteiger partial charge is 0.494 e. The van der Waals surface area contributed by atoms with Crippen LogP contribution in [0.15, 0.2) is 42.6 Å². The lowest BCUT2D eigenvalue weighted by Crippen LogP contribution is -2.50. The van der Waals surface area contributed by atoms with Crippen molar-refractivity contribution in [1.29, 1.82) is 0 Å². The van der Waals surface area contributed by atoms with Crippen molar-refractivity contribution in [1.82, 2.24) is 35.2 Å². The van der Waals surface area contributed by atoms with Gasteiger partial charge in [0.1, 0.15) is 17.3 Å². The molecule has 6 radical (unpaired) electrons. The van der Waals surface area contributed by atoms with Crippen LogP contribution in [-0.2, 0) is 7.05 Å². The van der Waals surface area contributed by atoms with E-state index in [1.54, 1.807) is 33.3 Å². The molecule has 1 aromatic carbocycles. The van der Waals surface area contributed by atoms with Crippen molar-refractivity contribution in [3.63, 3.8) is 0 Å². The van der Waals surface area contributed by atoms with Crippen LogP contribution in [0, 0.1) is 5.82 Å². The quantitative estimate of drug-likeness (QED) is 0.236. The van der Waals surface area contributed by atoms with Crippen LogP contribution < -0.4 is 25.4 Å². The number of nitrogens with zero attached hydrogens (tertiary/aromatic N) is 6. The Morgan fingerprint density at radius 3 is 2.33 bits per heavy atom. The van der Waals surface area contributed by atoms with Gasteiger partial charge in [-0.25, -0.2) is 9.37 Å². The minimum Gasteiger partial charge on any atom is -0.494 e. The number of hydrogen-bond donors (Lipinski definition) is 3. The van der Waals surface area contributed by atoms with Crippen LogP contribution in [0.25, 0.3) is 11.3 Å². The molecule has 4 aromatic rings. The topological polar surface area (TPSA) is 148 Å². The predicted octanol–water partition coefficient (Wildman–Crippen LogP) is 1.46. The summed E-state index contributed by atoms with van der Waals surface area (Å²) in [5, 5.41) is 18.5. The molecule has 43 heavy (non-hydrogen) atoms. The van der Waals surface area contributed by atoms with Crippen LogP contribution in [0.3, 0.4) is 0 Å². The van der Waals surface area contributed by atoms with Gasteiger partial charge in [0.25, 0.3) is 11.8 Å². The number of nitrogens with one attached hydrogen (secondary N) is 3. The Labute approximate surface area is 250 Å². The zero-order valence-electron chi connectivity index (χ0n) is 24.0. The van der Waals surface area contributed by atoms with Crippen molar-refractivity contribution in [3.8, 4) is 22.9 Å². The van der Waals surface area contributed by atoms with Gasteiger partial charge in [0, 0.05) is 51.1 Å². The summed E-state index contributed by atoms with van der Waals surface area (Å²) in [6.07, 6.45) is 1.23. The molecule has 0 aliphatic rings. The third kappa shape index (κ3) is 7.23. The monoisotopic (exact) mass is 579 g/mol. The van der Waals surface area contributed by atoms with Gasteiger partial charge in [0.05, 0.1) is 60.4 Å². The normalized spacial score (nSPS) is 11.0. The van der Waals surface area contributed by atoms with Crippen LogP contribution in [-0.4, -0.2) is 98.8 Å². The molecule has 3 N–H and O–H groups in total. The summed E-state index contributed by atoms with van der Waals surface area (Å²) in [6, 6.07) is 8.57. The number of carbonyl (C=O) groups excluding carboxylic acids is 2. The first-order valence-corrected chi connectivity index (χ1v) is 12.5. The molecule has 17 heteroatoms. The molecular weight excluding hydrogens is 554 g/mol. The summed E-state index contributed by atoms with van der Waals surface area (Å²) in [7, 11) is 24.4. The van der Waals surface area contributed by atoms with E-state index in [1.165, 1.54) is 54.3 Å². The third-order valence-electron chi connectivity index (χ3n) is 5.89. The predicted molar refractivity (Wildman–Crippen MR) is 160 cm³/mol. The molecule has 0 aliphatic carbocycles. The molecule has 0 aliphatic heterocycles. The highest BCUT2D eigenvalue weighted by molar-refractivity contribution is 6.60. The van der Waals surface area contributed by atoms with Gasteiger partial charge in [-0.15, -0.1) is 10.2 Å². The molecular formula is C26H25B3FN9O4. The minimum absolute atomic E-state index is 0.0401. The Bertz CT molecular complexity index is 1660. The smallest absolute Gasteiger partial charge is 0.271 e. The highest BCUT2D eigenvalue weighted by Gasteiger charge is 2.23. The molecule has 3 heterocycles. The highest BCUT2D eigenvalue weighted by atomic mass is 19.1. The van der Waals surface area contributed by atoms with E-state index >= 15 is 4.39 Å². The summed E-state index contributed by atoms with van der Waals surface area (Å²) in [5.41, 5.74) is 1.02. The number of halogens is 1. The van der Waals surface area contributed by atoms with Crippen molar-refractivity contribution in [2.45, 2.75) is 5.24 Å². The molecule has 4 rings (SSSR count). The fraction of sp³-hybridized carbons (Fsp3) is 0.231. The highest BCUT2D eigenvalue weighted by Crippen LogP contribution is 2.39. The Balaban J connectivity index is 1.79. The maximum absolute atomic E-state index is 15.1. The fourth-order valence-electron chi connectivity index (χ4n) is 3.97. The first-order valence-electron chi connectivity index (χ1n) is 12.5. The summed E-state index contributed by atoms with van der Waals surface area (Å²) in [5.74, 6) is -0.670. The lowest BCUT2D eigenvalue weighted by atomic mass is 9.49. The van der Waals surface area contributed by atoms with Gasteiger partial charge in [-0.2, -0.15) is 5.10 Å². The van der Waals surface area contributed by atoms with E-state index in [2.05, 4.69) is 36.2 Å². The van der Waals surface area contributed by atoms with Gasteiger partial charge in [0.15, 0.2) is 11.6 Å². The van der Waals surface area contributed by atoms with Gasteiger partial charge in [0.2, 0.25) is 5.88 Å². The number of amides is 2. The van der Waals surface area contributed by atoms with Crippen LogP contribution in [0.2, 0.25) is 0 Å². The second-order valence-electron chi connectivity index (χ2n) is 9.49. The Morgan fingerprint density at radius 1 is 0.977 bits per heavy atom. The average molecular weight is 579 g/mol. The van der Waals surface area contributed by atoms with Gasteiger partial charge >= 0.3 is 0 Å². The number of benzene rings is 1. The summed E-state index contributed by atoms with van der Waals surface area (Å²) in [6.45, 7) is 0. The van der Waals surface area contributed by atoms with E-state index in [1.807, 2.05) is 0 Å². The number of anilines is 4. The Hall–Kier alpha value is -5.08. The molecule has 13 nitrogen and oxygen atoms in total. The fourth-order valence-corrected chi connectivity index (χ4v) is 3.97. The Kier molecular flexibility index (Phi) is 8.92. The van der Waals surface area contributed by atoms with Crippen molar-refractivity contribution in [3.05, 3.63) is 59.7 Å². The molecule has 3 aromatic heterocycles. The van der Waals surface area contributed by atoms with E-state index in [9.17, 15) is 9.59 Å². The molecule has 0 saturated carbocycles. The number of ether oxygens (including phenoxy) is 2. The molecule has 0 atom stereocenters. The molecule has 214 valence electrons. The van der Waals surface area contributed by atoms with E-state index < -0.39 is 17.0 Å². The maximum Gasteiger partial charge on any atom is 0.271 e. The second kappa shape index (κ2) is 12.4. The number of pyridine rings is 1. The summed E-state index contributed by atoms with van der Waals surface area (Å²) < 4.78 is 27.1. The van der Waals surface area contributed by atoms with Gasteiger partial charge in [-0.3, -0.25) is 14.3 Å². The summed E-state index contributed by atoms with van der Waals surface area (Å²) in [4.78, 5) is 31.3. The van der Waals surface area contributed by atoms with Crippen molar-refractivity contribution in [2.24, 2.45) is 7.05 Å². The van der Waals surface area contributed by atoms with Crippen LogP contribution in [0.4, 0.5) is 27.4 Å². The molecule has 0 unspecified atom stereocenters. The lowest BCUT2D eigenvalue weighted by Gasteiger charge is -2.23. The average Bonchev–Trinajstić information content (AvgIpc) is 3.33. The van der Waals surface area contributed by atoms with E-state index in [0.29, 0.717) is 11.7 Å². The third-order valence-corrected chi connectivity index (χ3v) is 5.89. The lowest BCUT2D eigenvalue weighted by molar-refractivity contribution is 0.0816. The molecule has 2 amide bonds. The molecule has 0 fully saturated rings. The van der Waals surface area contributed by atoms with Crippen LogP contribution >= 0.6 is 0 Å². The number of rotatable bonds is 10. The van der Waals surface area contributed by atoms with Crippen molar-refractivity contribution in [2.75, 3.05) is 38.9 Å². The first-order chi connectivity index (χ1) is 20.3. The SMILES string of the molecule is [B]C([B])([B])NC(=O)c1cnc(Nc2ccc(OC)nn2)cc1Nc1cc(F)cc(-c2cc(C(=O)N(C)C)n(C)n2)c1OC. The molecule has 0 spiro atoms. The minimum atomic E-state index is -2.03. The summed E-state index contributed by atoms with van der Waals surface area (Å²) >= 11 is 0. The second-order valence-corrected chi connectivity index (χ2v) is 9.49.